The molecule has 0 atom stereocenters. The van der Waals surface area contributed by atoms with E-state index in [9.17, 15) is 13.2 Å². The van der Waals surface area contributed by atoms with Crippen molar-refractivity contribution >= 4 is 15.9 Å². The Morgan fingerprint density at radius 1 is 1.50 bits per heavy atom. The number of urea groups is 1. The average molecular weight is 192 g/mol. The number of carbonyl (C=O) groups is 1. The number of carbonyl (C=O) groups excluding carboxylic acids is 1. The van der Waals surface area contributed by atoms with Gasteiger partial charge < -0.3 is 10.6 Å². The lowest BCUT2D eigenvalue weighted by molar-refractivity contribution is 0.238. The molecule has 1 fully saturated rings. The van der Waals surface area contributed by atoms with E-state index in [1.807, 2.05) is 0 Å². The molecule has 1 heterocycles. The molecule has 0 saturated carbocycles. The van der Waals surface area contributed by atoms with Gasteiger partial charge in [-0.3, -0.25) is 0 Å². The molecule has 1 aliphatic heterocycles. The highest BCUT2D eigenvalue weighted by Gasteiger charge is 2.34. The van der Waals surface area contributed by atoms with Gasteiger partial charge >= 0.3 is 6.03 Å². The van der Waals surface area contributed by atoms with Gasteiger partial charge in [-0.1, -0.05) is 0 Å². The zero-order chi connectivity index (χ0) is 9.19. The smallest absolute Gasteiger partial charge is 0.315 e. The minimum Gasteiger partial charge on any atom is -0.338 e. The molecule has 0 bridgehead atoms. The first-order valence-electron chi connectivity index (χ1n) is 3.78. The molecule has 2 amide bonds. The van der Waals surface area contributed by atoms with Crippen molar-refractivity contribution in [2.75, 3.05) is 18.1 Å². The summed E-state index contributed by atoms with van der Waals surface area (Å²) >= 11 is 0. The molecule has 70 valence electrons. The summed E-state index contributed by atoms with van der Waals surface area (Å²) in [5.74, 6) is 0.147. The zero-order valence-corrected chi connectivity index (χ0v) is 7.65. The van der Waals surface area contributed by atoms with Gasteiger partial charge in [-0.15, -0.1) is 0 Å². The highest BCUT2D eigenvalue weighted by atomic mass is 32.2. The van der Waals surface area contributed by atoms with E-state index in [0.29, 0.717) is 6.54 Å². The molecule has 0 aromatic heterocycles. The molecule has 6 heteroatoms. The van der Waals surface area contributed by atoms with Crippen LogP contribution in [0.1, 0.15) is 6.92 Å². The van der Waals surface area contributed by atoms with Crippen molar-refractivity contribution in [1.82, 2.24) is 10.6 Å². The Morgan fingerprint density at radius 2 is 2.08 bits per heavy atom. The Hall–Kier alpha value is -0.780. The molecule has 0 radical (unpaired) electrons. The largest absolute Gasteiger partial charge is 0.338 e. The summed E-state index contributed by atoms with van der Waals surface area (Å²) in [7, 11) is -2.83. The second kappa shape index (κ2) is 3.30. The van der Waals surface area contributed by atoms with Gasteiger partial charge in [-0.2, -0.15) is 0 Å². The molecule has 1 saturated heterocycles. The van der Waals surface area contributed by atoms with Crippen molar-refractivity contribution in [3.63, 3.8) is 0 Å². The number of rotatable bonds is 2. The first-order valence-corrected chi connectivity index (χ1v) is 5.60. The Morgan fingerprint density at radius 3 is 2.50 bits per heavy atom. The maximum Gasteiger partial charge on any atom is 0.315 e. The van der Waals surface area contributed by atoms with Gasteiger partial charge in [-0.05, 0) is 6.92 Å². The second-order valence-corrected chi connectivity index (χ2v) is 4.93. The highest BCUT2D eigenvalue weighted by Crippen LogP contribution is 2.09. The maximum absolute atomic E-state index is 10.8. The predicted octanol–water partition coefficient (Wildman–Crippen LogP) is -0.897. The van der Waals surface area contributed by atoms with Crippen molar-refractivity contribution in [1.29, 1.82) is 0 Å². The van der Waals surface area contributed by atoms with E-state index in [0.717, 1.165) is 0 Å². The van der Waals surface area contributed by atoms with Crippen LogP contribution in [0.3, 0.4) is 0 Å². The van der Waals surface area contributed by atoms with Crippen LogP contribution < -0.4 is 10.6 Å². The minimum atomic E-state index is -2.83. The van der Waals surface area contributed by atoms with Crippen LogP contribution in [0.15, 0.2) is 0 Å². The summed E-state index contributed by atoms with van der Waals surface area (Å²) in [6.07, 6.45) is 0. The van der Waals surface area contributed by atoms with Crippen LogP contribution in [0.4, 0.5) is 4.79 Å². The maximum atomic E-state index is 10.8. The molecular weight excluding hydrogens is 180 g/mol. The van der Waals surface area contributed by atoms with E-state index in [2.05, 4.69) is 10.6 Å². The van der Waals surface area contributed by atoms with Gasteiger partial charge in [0.1, 0.15) is 0 Å². The van der Waals surface area contributed by atoms with Crippen LogP contribution in [-0.4, -0.2) is 38.5 Å². The Kier molecular flexibility index (Phi) is 2.56. The lowest BCUT2D eigenvalue weighted by Gasteiger charge is -2.26. The summed E-state index contributed by atoms with van der Waals surface area (Å²) in [5, 5.41) is 5.07. The lowest BCUT2D eigenvalue weighted by Crippen LogP contribution is -2.55. The molecule has 0 spiro atoms. The highest BCUT2D eigenvalue weighted by molar-refractivity contribution is 7.92. The van der Waals surface area contributed by atoms with Gasteiger partial charge in [-0.25, -0.2) is 13.2 Å². The van der Waals surface area contributed by atoms with Gasteiger partial charge in [0.05, 0.1) is 17.5 Å². The van der Waals surface area contributed by atoms with Crippen LogP contribution in [0.25, 0.3) is 0 Å². The molecule has 12 heavy (non-hydrogen) atoms. The number of hydrogen-bond donors (Lipinski definition) is 2. The van der Waals surface area contributed by atoms with E-state index < -0.39 is 9.84 Å². The molecule has 5 nitrogen and oxygen atoms in total. The molecule has 0 aromatic carbocycles. The van der Waals surface area contributed by atoms with E-state index in [1.54, 1.807) is 6.92 Å². The number of amides is 2. The third-order valence-corrected chi connectivity index (χ3v) is 3.40. The lowest BCUT2D eigenvalue weighted by atomic mass is 10.4. The van der Waals surface area contributed by atoms with E-state index in [4.69, 9.17) is 0 Å². The third-order valence-electron chi connectivity index (χ3n) is 1.58. The van der Waals surface area contributed by atoms with Crippen molar-refractivity contribution in [3.8, 4) is 0 Å². The van der Waals surface area contributed by atoms with E-state index >= 15 is 0 Å². The first kappa shape index (κ1) is 9.31. The normalized spacial score (nSPS) is 21.1. The fraction of sp³-hybridized carbons (Fsp3) is 0.833. The number of nitrogens with one attached hydrogen (secondary N) is 2. The molecule has 0 aromatic rings. The van der Waals surface area contributed by atoms with Crippen LogP contribution in [0, 0.1) is 0 Å². The first-order chi connectivity index (χ1) is 5.53. The Labute approximate surface area is 71.4 Å². The van der Waals surface area contributed by atoms with Crippen molar-refractivity contribution in [3.05, 3.63) is 0 Å². The van der Waals surface area contributed by atoms with Crippen LogP contribution in [0.2, 0.25) is 0 Å². The second-order valence-electron chi connectivity index (χ2n) is 2.78. The number of hydrogen-bond acceptors (Lipinski definition) is 3. The SMILES string of the molecule is CCNC(=O)NC1CS(=O)(=O)C1. The monoisotopic (exact) mass is 192 g/mol. The van der Waals surface area contributed by atoms with Gasteiger partial charge in [0.15, 0.2) is 9.84 Å². The van der Waals surface area contributed by atoms with Crippen LogP contribution >= 0.6 is 0 Å². The minimum absolute atomic E-state index is 0.0735. The van der Waals surface area contributed by atoms with E-state index in [1.165, 1.54) is 0 Å². The van der Waals surface area contributed by atoms with Crippen molar-refractivity contribution in [2.24, 2.45) is 0 Å². The summed E-state index contributed by atoms with van der Waals surface area (Å²) in [4.78, 5) is 10.8. The van der Waals surface area contributed by atoms with Crippen molar-refractivity contribution in [2.45, 2.75) is 13.0 Å². The summed E-state index contributed by atoms with van der Waals surface area (Å²) in [6, 6.07) is -0.487. The summed E-state index contributed by atoms with van der Waals surface area (Å²) in [5.41, 5.74) is 0. The standard InChI is InChI=1S/C6H12N2O3S/c1-2-7-6(9)8-5-3-12(10,11)4-5/h5H,2-4H2,1H3,(H2,7,8,9). The summed E-state index contributed by atoms with van der Waals surface area (Å²) < 4.78 is 21.3. The summed E-state index contributed by atoms with van der Waals surface area (Å²) in [6.45, 7) is 2.35. The Bertz CT molecular complexity index is 261. The molecular formula is C6H12N2O3S. The van der Waals surface area contributed by atoms with Crippen molar-refractivity contribution < 1.29 is 13.2 Å². The molecule has 0 aliphatic carbocycles. The van der Waals surface area contributed by atoms with Gasteiger partial charge in [0, 0.05) is 6.54 Å². The fourth-order valence-corrected chi connectivity index (χ4v) is 2.34. The van der Waals surface area contributed by atoms with Gasteiger partial charge in [0.25, 0.3) is 0 Å². The molecule has 2 N–H and O–H groups in total. The molecule has 1 aliphatic rings. The topological polar surface area (TPSA) is 75.3 Å². The molecule has 1 rings (SSSR count). The average Bonchev–Trinajstić information content (AvgIpc) is 1.83. The van der Waals surface area contributed by atoms with E-state index in [-0.39, 0.29) is 23.6 Å². The quantitative estimate of drug-likeness (QED) is 0.595. The Balaban J connectivity index is 2.23. The zero-order valence-electron chi connectivity index (χ0n) is 6.83. The van der Waals surface area contributed by atoms with Crippen LogP contribution in [0.5, 0.6) is 0 Å². The molecule has 0 unspecified atom stereocenters. The fourth-order valence-electron chi connectivity index (χ4n) is 1.04. The predicted molar refractivity (Wildman–Crippen MR) is 44.7 cm³/mol. The number of sulfone groups is 1. The third kappa shape index (κ3) is 2.37. The van der Waals surface area contributed by atoms with Crippen LogP contribution in [-0.2, 0) is 9.84 Å². The van der Waals surface area contributed by atoms with Gasteiger partial charge in [0.2, 0.25) is 0 Å².